The number of likely N-dealkylation sites (tertiary alicyclic amines) is 1. The monoisotopic (exact) mass is 590 g/mol. The van der Waals surface area contributed by atoms with Gasteiger partial charge in [-0.15, -0.1) is 24.8 Å². The number of amides is 1. The van der Waals surface area contributed by atoms with Gasteiger partial charge in [0.05, 0.1) is 35.5 Å². The summed E-state index contributed by atoms with van der Waals surface area (Å²) in [7, 11) is 3.26. The van der Waals surface area contributed by atoms with Crippen molar-refractivity contribution in [3.8, 4) is 11.6 Å². The van der Waals surface area contributed by atoms with Crippen LogP contribution in [0.5, 0.6) is 11.6 Å². The number of nitrogen functional groups attached to an aromatic ring is 1. The number of rotatable bonds is 9. The highest BCUT2D eigenvalue weighted by molar-refractivity contribution is 6.33. The van der Waals surface area contributed by atoms with Crippen molar-refractivity contribution in [3.63, 3.8) is 0 Å². The molecule has 2 aromatic rings. The Hall–Kier alpha value is -2.24. The first-order valence-corrected chi connectivity index (χ1v) is 12.6. The Kier molecular flexibility index (Phi) is 11.5. The van der Waals surface area contributed by atoms with Crippen LogP contribution in [0.1, 0.15) is 42.6 Å². The SMILES string of the molecule is COc1ccnc(NCCCN2CC[C@@H](NC(=O)c3cc(Cl)c(N)c4c3OC(C)(C)C4)[C@@H](OC)C2)n1.Cl.Cl. The van der Waals surface area contributed by atoms with Crippen LogP contribution in [0.15, 0.2) is 18.3 Å². The molecule has 0 aliphatic carbocycles. The van der Waals surface area contributed by atoms with Crippen molar-refractivity contribution < 1.29 is 19.0 Å². The van der Waals surface area contributed by atoms with Crippen LogP contribution in [0.25, 0.3) is 0 Å². The third-order valence-corrected chi connectivity index (χ3v) is 6.95. The zero-order valence-electron chi connectivity index (χ0n) is 22.1. The lowest BCUT2D eigenvalue weighted by Crippen LogP contribution is -2.55. The Labute approximate surface area is 241 Å². The molecule has 13 heteroatoms. The maximum absolute atomic E-state index is 13.3. The fraction of sp³-hybridized carbons (Fsp3) is 0.560. The number of carbonyl (C=O) groups excluding carboxylic acids is 1. The van der Waals surface area contributed by atoms with Crippen molar-refractivity contribution in [2.75, 3.05) is 51.4 Å². The van der Waals surface area contributed by atoms with Gasteiger partial charge in [-0.1, -0.05) is 11.6 Å². The van der Waals surface area contributed by atoms with Gasteiger partial charge >= 0.3 is 0 Å². The Morgan fingerprint density at radius 3 is 2.82 bits per heavy atom. The van der Waals surface area contributed by atoms with Crippen molar-refractivity contribution in [2.45, 2.75) is 50.9 Å². The van der Waals surface area contributed by atoms with Gasteiger partial charge in [-0.3, -0.25) is 4.79 Å². The average Bonchev–Trinajstić information content (AvgIpc) is 3.20. The van der Waals surface area contributed by atoms with Crippen LogP contribution >= 0.6 is 36.4 Å². The molecule has 2 aliphatic heterocycles. The third-order valence-electron chi connectivity index (χ3n) is 6.63. The van der Waals surface area contributed by atoms with Gasteiger partial charge in [-0.05, 0) is 39.3 Å². The molecule has 1 amide bonds. The smallest absolute Gasteiger partial charge is 0.255 e. The number of ether oxygens (including phenoxy) is 3. The molecule has 212 valence electrons. The lowest BCUT2D eigenvalue weighted by molar-refractivity contribution is 0.00634. The summed E-state index contributed by atoms with van der Waals surface area (Å²) in [5, 5.41) is 6.74. The maximum atomic E-state index is 13.3. The maximum Gasteiger partial charge on any atom is 0.255 e. The van der Waals surface area contributed by atoms with E-state index in [4.69, 9.17) is 31.5 Å². The number of nitrogens with one attached hydrogen (secondary N) is 2. The topological polar surface area (TPSA) is 124 Å². The Morgan fingerprint density at radius 1 is 1.34 bits per heavy atom. The highest BCUT2D eigenvalue weighted by Crippen LogP contribution is 2.44. The average molecular weight is 592 g/mol. The van der Waals surface area contributed by atoms with E-state index < -0.39 is 5.60 Å². The second kappa shape index (κ2) is 13.7. The fourth-order valence-corrected chi connectivity index (χ4v) is 5.00. The van der Waals surface area contributed by atoms with Crippen molar-refractivity contribution in [1.82, 2.24) is 20.2 Å². The van der Waals surface area contributed by atoms with E-state index in [0.29, 0.717) is 40.3 Å². The van der Waals surface area contributed by atoms with Crippen LogP contribution in [0.4, 0.5) is 11.6 Å². The minimum absolute atomic E-state index is 0. The van der Waals surface area contributed by atoms with Crippen LogP contribution in [-0.2, 0) is 11.2 Å². The lowest BCUT2D eigenvalue weighted by atomic mass is 9.97. The van der Waals surface area contributed by atoms with Gasteiger partial charge in [-0.25, -0.2) is 4.98 Å². The van der Waals surface area contributed by atoms with E-state index in [1.165, 1.54) is 0 Å². The number of fused-ring (bicyclic) bond motifs is 1. The molecule has 4 N–H and O–H groups in total. The first-order valence-electron chi connectivity index (χ1n) is 12.2. The first-order chi connectivity index (χ1) is 17.2. The van der Waals surface area contributed by atoms with Crippen LogP contribution in [0.2, 0.25) is 5.02 Å². The van der Waals surface area contributed by atoms with Gasteiger partial charge in [0.15, 0.2) is 0 Å². The molecule has 3 heterocycles. The first kappa shape index (κ1) is 32.0. The Bertz CT molecular complexity index is 1110. The summed E-state index contributed by atoms with van der Waals surface area (Å²) in [5.74, 6) is 1.38. The minimum Gasteiger partial charge on any atom is -0.486 e. The number of anilines is 2. The highest BCUT2D eigenvalue weighted by Gasteiger charge is 2.37. The van der Waals surface area contributed by atoms with E-state index in [1.54, 1.807) is 32.5 Å². The van der Waals surface area contributed by atoms with Gasteiger partial charge in [0.25, 0.3) is 5.91 Å². The fourth-order valence-electron chi connectivity index (χ4n) is 4.78. The zero-order valence-corrected chi connectivity index (χ0v) is 24.5. The van der Waals surface area contributed by atoms with E-state index in [1.807, 2.05) is 13.8 Å². The number of nitrogens with zero attached hydrogens (tertiary/aromatic N) is 3. The van der Waals surface area contributed by atoms with Crippen LogP contribution in [0, 0.1) is 0 Å². The summed E-state index contributed by atoms with van der Waals surface area (Å²) >= 11 is 6.36. The summed E-state index contributed by atoms with van der Waals surface area (Å²) in [6.45, 7) is 7.14. The van der Waals surface area contributed by atoms with Crippen molar-refractivity contribution in [2.24, 2.45) is 0 Å². The number of benzene rings is 1. The van der Waals surface area contributed by atoms with E-state index in [9.17, 15) is 4.79 Å². The molecule has 0 bridgehead atoms. The Morgan fingerprint density at radius 2 is 2.11 bits per heavy atom. The summed E-state index contributed by atoms with van der Waals surface area (Å²) < 4.78 is 17.0. The number of carbonyl (C=O) groups is 1. The van der Waals surface area contributed by atoms with Gasteiger partial charge < -0.3 is 35.5 Å². The molecule has 1 fully saturated rings. The van der Waals surface area contributed by atoms with Gasteiger partial charge in [-0.2, -0.15) is 4.98 Å². The quantitative estimate of drug-likeness (QED) is 0.296. The molecule has 0 spiro atoms. The largest absolute Gasteiger partial charge is 0.486 e. The normalized spacial score (nSPS) is 19.8. The van der Waals surface area contributed by atoms with Crippen molar-refractivity contribution >= 4 is 54.0 Å². The standard InChI is InChI=1S/C25H35ClN6O4.2ClH/c1-25(2)13-16-21(27)17(26)12-15(22(16)36-25)23(33)30-18-7-11-32(14-19(18)34-3)10-5-8-28-24-29-9-6-20(31-24)35-4;;/h6,9,12,18-19H,5,7-8,10-11,13-14,27H2,1-4H3,(H,30,33)(H,28,29,31);2*1H/t18-,19+;;/m1../s1. The molecule has 38 heavy (non-hydrogen) atoms. The number of hydrogen-bond acceptors (Lipinski definition) is 9. The molecule has 1 saturated heterocycles. The molecule has 0 unspecified atom stereocenters. The predicted octanol–water partition coefficient (Wildman–Crippen LogP) is 3.60. The molecule has 1 aromatic heterocycles. The zero-order chi connectivity index (χ0) is 25.9. The van der Waals surface area contributed by atoms with E-state index in [-0.39, 0.29) is 42.9 Å². The summed E-state index contributed by atoms with van der Waals surface area (Å²) in [6, 6.07) is 3.19. The summed E-state index contributed by atoms with van der Waals surface area (Å²) in [4.78, 5) is 24.1. The summed E-state index contributed by atoms with van der Waals surface area (Å²) in [5.41, 5.74) is 7.42. The number of halogens is 3. The number of aromatic nitrogens is 2. The Balaban J connectivity index is 0.00000253. The third kappa shape index (κ3) is 7.45. The van der Waals surface area contributed by atoms with E-state index in [2.05, 4.69) is 25.5 Å². The van der Waals surface area contributed by atoms with Crippen molar-refractivity contribution in [3.05, 3.63) is 34.5 Å². The second-order valence-corrected chi connectivity index (χ2v) is 10.2. The predicted molar refractivity (Wildman–Crippen MR) is 154 cm³/mol. The minimum atomic E-state index is -0.440. The van der Waals surface area contributed by atoms with Gasteiger partial charge in [0, 0.05) is 51.0 Å². The number of piperidine rings is 1. The van der Waals surface area contributed by atoms with Gasteiger partial charge in [0.1, 0.15) is 11.4 Å². The van der Waals surface area contributed by atoms with Crippen LogP contribution < -0.4 is 25.8 Å². The molecular weight excluding hydrogens is 555 g/mol. The molecule has 2 aliphatic rings. The molecule has 4 rings (SSSR count). The molecule has 1 aromatic carbocycles. The number of nitrogens with two attached hydrogens (primary N) is 1. The van der Waals surface area contributed by atoms with Crippen LogP contribution in [-0.4, -0.2) is 78.9 Å². The molecule has 10 nitrogen and oxygen atoms in total. The molecule has 0 radical (unpaired) electrons. The molecule has 0 saturated carbocycles. The van der Waals surface area contributed by atoms with Gasteiger partial charge in [0.2, 0.25) is 11.8 Å². The highest BCUT2D eigenvalue weighted by atomic mass is 35.5. The molecular formula is C25H37Cl3N6O4. The van der Waals surface area contributed by atoms with Crippen molar-refractivity contribution in [1.29, 1.82) is 0 Å². The summed E-state index contributed by atoms with van der Waals surface area (Å²) in [6.07, 6.45) is 3.82. The number of hydrogen-bond donors (Lipinski definition) is 3. The second-order valence-electron chi connectivity index (χ2n) is 9.81. The van der Waals surface area contributed by atoms with E-state index >= 15 is 0 Å². The molecule has 2 atom stereocenters. The van der Waals surface area contributed by atoms with Crippen LogP contribution in [0.3, 0.4) is 0 Å². The lowest BCUT2D eigenvalue weighted by Gasteiger charge is -2.38. The van der Waals surface area contributed by atoms with E-state index in [0.717, 1.165) is 44.6 Å². The number of methoxy groups -OCH3 is 2.